The molecule has 1 aromatic heterocycles. The summed E-state index contributed by atoms with van der Waals surface area (Å²) < 4.78 is 52.1. The van der Waals surface area contributed by atoms with Gasteiger partial charge in [-0.2, -0.15) is 8.62 Å². The topological polar surface area (TPSA) is 409 Å². The van der Waals surface area contributed by atoms with Crippen LogP contribution in [0.4, 0.5) is 5.69 Å². The number of carbonyl (C=O) groups is 4. The average molecular weight is 839 g/mol. The van der Waals surface area contributed by atoms with Crippen molar-refractivity contribution in [2.45, 2.75) is 24.9 Å². The minimum Gasteiger partial charge on any atom is -0.390 e. The quantitative estimate of drug-likeness (QED) is 0.0325. The Labute approximate surface area is 306 Å². The van der Waals surface area contributed by atoms with Crippen molar-refractivity contribution in [2.24, 2.45) is 5.11 Å². The first kappa shape index (κ1) is 44.6. The number of aliphatic hydroxyl groups excluding tert-OH is 1. The van der Waals surface area contributed by atoms with Gasteiger partial charge in [0.1, 0.15) is 12.3 Å². The van der Waals surface area contributed by atoms with E-state index in [9.17, 15) is 57.4 Å². The number of aromatic amines is 1. The van der Waals surface area contributed by atoms with E-state index in [2.05, 4.69) is 44.4 Å². The second-order valence-corrected chi connectivity index (χ2v) is 15.2. The summed E-state index contributed by atoms with van der Waals surface area (Å²) in [6.45, 7) is -2.65. The van der Waals surface area contributed by atoms with Crippen molar-refractivity contribution < 1.29 is 75.4 Å². The number of nitrogens with zero attached hydrogens (tertiary/aromatic N) is 4. The van der Waals surface area contributed by atoms with Crippen molar-refractivity contribution in [3.63, 3.8) is 0 Å². The van der Waals surface area contributed by atoms with Gasteiger partial charge in [0.2, 0.25) is 17.7 Å². The molecule has 1 aliphatic rings. The minimum absolute atomic E-state index is 0.132. The molecule has 1 saturated heterocycles. The normalized spacial score (nSPS) is 19.0. The summed E-state index contributed by atoms with van der Waals surface area (Å²) in [5.74, 6) is -2.70. The number of nitrogens with one attached hydrogen (secondary N) is 5. The lowest BCUT2D eigenvalue weighted by Gasteiger charge is -2.19. The Kier molecular flexibility index (Phi) is 15.9. The average Bonchev–Trinajstić information content (AvgIpc) is 3.45. The highest BCUT2D eigenvalue weighted by molar-refractivity contribution is 7.66. The SMILES string of the molecule is [N-]=[N+]=Nc1ccc(C(=O)NCC(=O)NCC(=O)NCC(=O)NC/C=C/c2cn([C@H]3C[C@H](O)[C@@H](COP(=O)(O)OP(=O)(O)OP(=O)(O)O)O3)c(=O)[nH]c2=O)cc1. The molecule has 0 aliphatic carbocycles. The predicted octanol–water partition coefficient (Wildman–Crippen LogP) is -1.74. The molecule has 2 unspecified atom stereocenters. The second kappa shape index (κ2) is 19.7. The first-order valence-electron chi connectivity index (χ1n) is 15.0. The lowest BCUT2D eigenvalue weighted by Crippen LogP contribution is -2.44. The zero-order valence-corrected chi connectivity index (χ0v) is 30.4. The molecule has 2 heterocycles. The van der Waals surface area contributed by atoms with Crippen LogP contribution in [0.5, 0.6) is 0 Å². The van der Waals surface area contributed by atoms with E-state index in [1.54, 1.807) is 0 Å². The molecule has 0 saturated carbocycles. The number of H-pyrrole nitrogens is 1. The fourth-order valence-electron chi connectivity index (χ4n) is 4.24. The number of hydrogen-bond acceptors (Lipinski definition) is 15. The molecule has 4 amide bonds. The lowest BCUT2D eigenvalue weighted by molar-refractivity contribution is -0.127. The third-order valence-corrected chi connectivity index (χ3v) is 10.4. The number of rotatable bonds is 19. The molecular formula is C25H32N9O18P3. The number of benzene rings is 1. The van der Waals surface area contributed by atoms with Crippen molar-refractivity contribution in [3.8, 4) is 0 Å². The highest BCUT2D eigenvalue weighted by Gasteiger charge is 2.43. The summed E-state index contributed by atoms with van der Waals surface area (Å²) in [4.78, 5) is 114. The molecule has 1 fully saturated rings. The minimum atomic E-state index is -5.79. The van der Waals surface area contributed by atoms with Gasteiger partial charge in [0, 0.05) is 35.3 Å². The van der Waals surface area contributed by atoms with Gasteiger partial charge >= 0.3 is 29.2 Å². The van der Waals surface area contributed by atoms with Crippen LogP contribution < -0.4 is 32.5 Å². The highest BCUT2D eigenvalue weighted by Crippen LogP contribution is 2.66. The van der Waals surface area contributed by atoms with Gasteiger partial charge < -0.3 is 50.7 Å². The molecule has 30 heteroatoms. The number of phosphoric ester groups is 1. The fraction of sp³-hybridized carbons (Fsp3) is 0.360. The summed E-state index contributed by atoms with van der Waals surface area (Å²) in [6.07, 6.45) is -1.02. The Bertz CT molecular complexity index is 2100. The van der Waals surface area contributed by atoms with Gasteiger partial charge in [0.05, 0.1) is 37.9 Å². The lowest BCUT2D eigenvalue weighted by atomic mass is 10.2. The third kappa shape index (κ3) is 15.4. The van der Waals surface area contributed by atoms with Crippen LogP contribution in [0.3, 0.4) is 0 Å². The van der Waals surface area contributed by atoms with Crippen molar-refractivity contribution in [2.75, 3.05) is 32.8 Å². The van der Waals surface area contributed by atoms with E-state index in [-0.39, 0.29) is 29.8 Å². The number of hydrogen-bond donors (Lipinski definition) is 10. The summed E-state index contributed by atoms with van der Waals surface area (Å²) in [5.41, 5.74) is 6.90. The molecule has 3 rings (SSSR count). The molecule has 300 valence electrons. The Morgan fingerprint density at radius 2 is 1.55 bits per heavy atom. The van der Waals surface area contributed by atoms with E-state index in [0.717, 1.165) is 10.8 Å². The number of aliphatic hydroxyl groups is 1. The van der Waals surface area contributed by atoms with E-state index in [0.29, 0.717) is 0 Å². The van der Waals surface area contributed by atoms with Gasteiger partial charge in [0.25, 0.3) is 11.5 Å². The molecule has 1 aromatic carbocycles. The van der Waals surface area contributed by atoms with Crippen molar-refractivity contribution in [1.29, 1.82) is 0 Å². The molecule has 0 spiro atoms. The zero-order chi connectivity index (χ0) is 41.0. The summed E-state index contributed by atoms with van der Waals surface area (Å²) >= 11 is 0. The number of phosphoric acid groups is 3. The predicted molar refractivity (Wildman–Crippen MR) is 181 cm³/mol. The Morgan fingerprint density at radius 1 is 0.945 bits per heavy atom. The van der Waals surface area contributed by atoms with Crippen molar-refractivity contribution in [1.82, 2.24) is 30.8 Å². The fourth-order valence-corrected chi connectivity index (χ4v) is 7.27. The molecule has 10 N–H and O–H groups in total. The maximum atomic E-state index is 12.5. The summed E-state index contributed by atoms with van der Waals surface area (Å²) in [5, 5.41) is 22.9. The van der Waals surface area contributed by atoms with Crippen LogP contribution in [0.2, 0.25) is 0 Å². The number of amides is 4. The third-order valence-electron chi connectivity index (χ3n) is 6.63. The Hall–Kier alpha value is -4.84. The number of azide groups is 1. The molecule has 27 nitrogen and oxygen atoms in total. The van der Waals surface area contributed by atoms with Gasteiger partial charge in [-0.25, -0.2) is 18.5 Å². The van der Waals surface area contributed by atoms with Gasteiger partial charge in [-0.1, -0.05) is 29.4 Å². The van der Waals surface area contributed by atoms with Crippen LogP contribution in [0, 0.1) is 0 Å². The van der Waals surface area contributed by atoms with Crippen LogP contribution in [0.15, 0.2) is 51.2 Å². The van der Waals surface area contributed by atoms with E-state index in [4.69, 9.17) is 20.1 Å². The Balaban J connectivity index is 1.42. The van der Waals surface area contributed by atoms with E-state index >= 15 is 0 Å². The monoisotopic (exact) mass is 839 g/mol. The van der Waals surface area contributed by atoms with Crippen molar-refractivity contribution >= 4 is 58.9 Å². The van der Waals surface area contributed by atoms with Crippen molar-refractivity contribution in [3.05, 3.63) is 78.9 Å². The number of aromatic nitrogens is 2. The number of carbonyl (C=O) groups excluding carboxylic acids is 4. The van der Waals surface area contributed by atoms with E-state index in [1.807, 2.05) is 4.98 Å². The first-order chi connectivity index (χ1) is 25.7. The van der Waals surface area contributed by atoms with Crippen LogP contribution in [0.1, 0.15) is 28.6 Å². The van der Waals surface area contributed by atoms with Gasteiger partial charge in [-0.05, 0) is 17.7 Å². The van der Waals surface area contributed by atoms with Crippen LogP contribution in [-0.2, 0) is 46.0 Å². The van der Waals surface area contributed by atoms with Gasteiger partial charge in [0.15, 0.2) is 0 Å². The smallest absolute Gasteiger partial charge is 0.390 e. The van der Waals surface area contributed by atoms with E-state index in [1.165, 1.54) is 36.4 Å². The van der Waals surface area contributed by atoms with Crippen LogP contribution >= 0.6 is 23.5 Å². The molecular weight excluding hydrogens is 807 g/mol. The maximum Gasteiger partial charge on any atom is 0.490 e. The molecule has 5 atom stereocenters. The Morgan fingerprint density at radius 3 is 2.15 bits per heavy atom. The second-order valence-electron chi connectivity index (χ2n) is 10.7. The standard InChI is InChI=1S/C25H32N9O18P3/c26-33-32-16-5-3-14(4-6-16)23(39)30-11-21(38)29-10-20(37)28-9-19(36)27-7-1-2-15-12-34(25(41)31-24(15)40)22-8-17(35)18(50-22)13-49-54(45,46)52-55(47,48)51-53(42,43)44/h1-6,12,17-18,22,35H,7-11,13H2,(H,27,36)(H,28,37)(H,29,38)(H,30,39)(H,45,46)(H,47,48)(H,31,40,41)(H2,42,43,44)/b2-1+/t17-,18+,22+/m0/s1. The maximum absolute atomic E-state index is 12.5. The largest absolute Gasteiger partial charge is 0.490 e. The highest BCUT2D eigenvalue weighted by atomic mass is 31.3. The summed E-state index contributed by atoms with van der Waals surface area (Å²) in [7, 11) is -17.0. The summed E-state index contributed by atoms with van der Waals surface area (Å²) in [6, 6.07) is 5.57. The van der Waals surface area contributed by atoms with Crippen LogP contribution in [0.25, 0.3) is 16.5 Å². The molecule has 1 aliphatic heterocycles. The molecule has 0 bridgehead atoms. The van der Waals surface area contributed by atoms with Crippen LogP contribution in [-0.4, -0.2) is 103 Å². The molecule has 0 radical (unpaired) electrons. The molecule has 55 heavy (non-hydrogen) atoms. The van der Waals surface area contributed by atoms with Gasteiger partial charge in [-0.15, -0.1) is 0 Å². The number of ether oxygens (including phenoxy) is 1. The zero-order valence-electron chi connectivity index (χ0n) is 27.7. The van der Waals surface area contributed by atoms with E-state index < -0.39 is 103 Å². The van der Waals surface area contributed by atoms with Gasteiger partial charge in [-0.3, -0.25) is 38.0 Å². The first-order valence-corrected chi connectivity index (χ1v) is 19.6. The molecule has 2 aromatic rings.